The Bertz CT molecular complexity index is 1220. The summed E-state index contributed by atoms with van der Waals surface area (Å²) < 4.78 is 12.0. The highest BCUT2D eigenvalue weighted by atomic mass is 16.5. The lowest BCUT2D eigenvalue weighted by molar-refractivity contribution is -0.121. The number of amides is 2. The van der Waals surface area contributed by atoms with E-state index in [0.29, 0.717) is 12.0 Å². The third-order valence-corrected chi connectivity index (χ3v) is 6.29. The van der Waals surface area contributed by atoms with Gasteiger partial charge in [0.05, 0.1) is 18.0 Å². The molecule has 8 nitrogen and oxygen atoms in total. The summed E-state index contributed by atoms with van der Waals surface area (Å²) in [5.41, 5.74) is 7.27. The van der Waals surface area contributed by atoms with Crippen molar-refractivity contribution in [3.63, 3.8) is 0 Å². The van der Waals surface area contributed by atoms with Gasteiger partial charge in [-0.05, 0) is 71.4 Å². The van der Waals surface area contributed by atoms with Crippen molar-refractivity contribution in [1.82, 2.24) is 10.6 Å². The van der Waals surface area contributed by atoms with E-state index < -0.39 is 0 Å². The van der Waals surface area contributed by atoms with Crippen molar-refractivity contribution in [3.05, 3.63) is 59.2 Å². The average molecular weight is 493 g/mol. The third kappa shape index (κ3) is 5.98. The van der Waals surface area contributed by atoms with Gasteiger partial charge in [0.15, 0.2) is 5.96 Å². The van der Waals surface area contributed by atoms with Crippen molar-refractivity contribution in [3.8, 4) is 11.5 Å². The van der Waals surface area contributed by atoms with Gasteiger partial charge in [0.1, 0.15) is 22.7 Å². The van der Waals surface area contributed by atoms with Gasteiger partial charge in [0.25, 0.3) is 5.91 Å². The van der Waals surface area contributed by atoms with Crippen molar-refractivity contribution in [2.75, 3.05) is 0 Å². The molecular formula is C28H36N4O4. The molecule has 2 aromatic carbocycles. The average Bonchev–Trinajstić information content (AvgIpc) is 3.04. The SMILES string of the molecule is CC1(C)CC(=O)NC(N)=N1.CC1(C)Cc2cc(C(=O)NC3CC(C)(C)Oc4ccccc43)ccc2O1. The number of hydrogen-bond acceptors (Lipinski definition) is 6. The molecule has 0 saturated carbocycles. The minimum Gasteiger partial charge on any atom is -0.487 e. The van der Waals surface area contributed by atoms with Gasteiger partial charge in [-0.1, -0.05) is 18.2 Å². The molecule has 0 aromatic heterocycles. The molecule has 3 aliphatic heterocycles. The minimum absolute atomic E-state index is 0.0579. The fraction of sp³-hybridized carbons (Fsp3) is 0.464. The molecule has 8 heteroatoms. The Morgan fingerprint density at radius 1 is 1.00 bits per heavy atom. The number of ether oxygens (including phenoxy) is 2. The molecule has 0 aliphatic carbocycles. The van der Waals surface area contributed by atoms with Crippen molar-refractivity contribution in [2.45, 2.75) is 83.6 Å². The minimum atomic E-state index is -0.327. The standard InChI is InChI=1S/C22H25NO3.C6H11N3O/c1-21(2)12-15-11-14(9-10-18(15)25-21)20(24)23-17-13-22(3,4)26-19-8-6-5-7-16(17)19;1-6(2)3-4(10)8-5(7)9-6/h5-11,17H,12-13H2,1-4H3,(H,23,24);3H2,1-2H3,(H3,7,8,9,10). The first kappa shape index (κ1) is 25.5. The molecule has 1 atom stereocenters. The van der Waals surface area contributed by atoms with Crippen LogP contribution in [0.25, 0.3) is 0 Å². The van der Waals surface area contributed by atoms with Crippen LogP contribution in [-0.4, -0.2) is 34.5 Å². The lowest BCUT2D eigenvalue weighted by atomic mass is 9.89. The lowest BCUT2D eigenvalue weighted by Gasteiger charge is -2.37. The molecule has 0 spiro atoms. The van der Waals surface area contributed by atoms with E-state index >= 15 is 0 Å². The largest absolute Gasteiger partial charge is 0.487 e. The number of carbonyl (C=O) groups excluding carboxylic acids is 2. The van der Waals surface area contributed by atoms with Crippen LogP contribution in [0.15, 0.2) is 47.5 Å². The molecular weight excluding hydrogens is 456 g/mol. The smallest absolute Gasteiger partial charge is 0.251 e. The molecule has 3 heterocycles. The van der Waals surface area contributed by atoms with E-state index in [0.717, 1.165) is 35.5 Å². The van der Waals surface area contributed by atoms with Crippen LogP contribution in [0.4, 0.5) is 0 Å². The van der Waals surface area contributed by atoms with Gasteiger partial charge in [-0.2, -0.15) is 0 Å². The number of nitrogens with one attached hydrogen (secondary N) is 2. The summed E-state index contributed by atoms with van der Waals surface area (Å²) in [6.45, 7) is 12.0. The summed E-state index contributed by atoms with van der Waals surface area (Å²) in [4.78, 5) is 27.7. The number of para-hydroxylation sites is 1. The molecule has 4 N–H and O–H groups in total. The highest BCUT2D eigenvalue weighted by Gasteiger charge is 2.35. The zero-order valence-electron chi connectivity index (χ0n) is 21.9. The van der Waals surface area contributed by atoms with Crippen LogP contribution in [0.2, 0.25) is 0 Å². The van der Waals surface area contributed by atoms with E-state index in [1.807, 2.05) is 56.3 Å². The summed E-state index contributed by atoms with van der Waals surface area (Å²) in [7, 11) is 0. The van der Waals surface area contributed by atoms with E-state index in [2.05, 4.69) is 43.3 Å². The summed E-state index contributed by atoms with van der Waals surface area (Å²) >= 11 is 0. The first-order chi connectivity index (χ1) is 16.7. The maximum atomic E-state index is 12.9. The van der Waals surface area contributed by atoms with Crippen LogP contribution in [0.3, 0.4) is 0 Å². The van der Waals surface area contributed by atoms with E-state index in [1.165, 1.54) is 0 Å². The Balaban J connectivity index is 0.000000256. The Hall–Kier alpha value is -3.55. The number of hydrogen-bond donors (Lipinski definition) is 3. The number of nitrogens with zero attached hydrogens (tertiary/aromatic N) is 1. The van der Waals surface area contributed by atoms with Crippen molar-refractivity contribution >= 4 is 17.8 Å². The molecule has 2 amide bonds. The lowest BCUT2D eigenvalue weighted by Crippen LogP contribution is -2.46. The van der Waals surface area contributed by atoms with Crippen LogP contribution in [-0.2, 0) is 11.2 Å². The number of guanidine groups is 1. The maximum Gasteiger partial charge on any atom is 0.251 e. The predicted octanol–water partition coefficient (Wildman–Crippen LogP) is 4.03. The quantitative estimate of drug-likeness (QED) is 0.585. The third-order valence-electron chi connectivity index (χ3n) is 6.29. The van der Waals surface area contributed by atoms with Crippen LogP contribution in [0.5, 0.6) is 11.5 Å². The van der Waals surface area contributed by atoms with Gasteiger partial charge >= 0.3 is 0 Å². The van der Waals surface area contributed by atoms with Gasteiger partial charge in [-0.3, -0.25) is 14.9 Å². The van der Waals surface area contributed by atoms with Crippen LogP contribution in [0, 0.1) is 0 Å². The summed E-state index contributed by atoms with van der Waals surface area (Å²) in [5, 5.41) is 5.62. The number of rotatable bonds is 2. The fourth-order valence-electron chi connectivity index (χ4n) is 4.90. The van der Waals surface area contributed by atoms with Gasteiger partial charge in [-0.15, -0.1) is 0 Å². The van der Waals surface area contributed by atoms with E-state index in [9.17, 15) is 9.59 Å². The number of aliphatic imine (C=N–C) groups is 1. The molecule has 0 radical (unpaired) electrons. The van der Waals surface area contributed by atoms with Crippen LogP contribution < -0.4 is 25.8 Å². The van der Waals surface area contributed by atoms with Gasteiger partial charge in [-0.25, -0.2) is 4.99 Å². The molecule has 0 bridgehead atoms. The van der Waals surface area contributed by atoms with Gasteiger partial charge in [0, 0.05) is 24.0 Å². The first-order valence-electron chi connectivity index (χ1n) is 12.3. The van der Waals surface area contributed by atoms with Crippen molar-refractivity contribution in [1.29, 1.82) is 0 Å². The number of fused-ring (bicyclic) bond motifs is 2. The number of nitrogens with two attached hydrogens (primary N) is 1. The van der Waals surface area contributed by atoms with E-state index in [-0.39, 0.29) is 40.6 Å². The number of carbonyl (C=O) groups is 2. The monoisotopic (exact) mass is 492 g/mol. The molecule has 0 fully saturated rings. The fourth-order valence-corrected chi connectivity index (χ4v) is 4.90. The molecule has 0 saturated heterocycles. The normalized spacial score (nSPS) is 22.2. The summed E-state index contributed by atoms with van der Waals surface area (Å²) in [6.07, 6.45) is 1.96. The molecule has 36 heavy (non-hydrogen) atoms. The Morgan fingerprint density at radius 3 is 2.39 bits per heavy atom. The van der Waals surface area contributed by atoms with E-state index in [4.69, 9.17) is 15.2 Å². The molecule has 5 rings (SSSR count). The van der Waals surface area contributed by atoms with E-state index in [1.54, 1.807) is 0 Å². The molecule has 1 unspecified atom stereocenters. The topological polar surface area (TPSA) is 115 Å². The predicted molar refractivity (Wildman–Crippen MR) is 139 cm³/mol. The maximum absolute atomic E-state index is 12.9. The van der Waals surface area contributed by atoms with Gasteiger partial charge < -0.3 is 20.5 Å². The van der Waals surface area contributed by atoms with Crippen LogP contribution in [0.1, 0.15) is 81.9 Å². The zero-order valence-corrected chi connectivity index (χ0v) is 21.9. The first-order valence-corrected chi connectivity index (χ1v) is 12.3. The van der Waals surface area contributed by atoms with Crippen LogP contribution >= 0.6 is 0 Å². The number of benzene rings is 2. The second kappa shape index (κ2) is 9.15. The molecule has 2 aromatic rings. The highest BCUT2D eigenvalue weighted by molar-refractivity contribution is 5.98. The Labute approximate surface area is 212 Å². The molecule has 192 valence electrons. The Kier molecular flexibility index (Phi) is 6.49. The zero-order chi connectivity index (χ0) is 26.3. The van der Waals surface area contributed by atoms with Crippen molar-refractivity contribution in [2.24, 2.45) is 10.7 Å². The van der Waals surface area contributed by atoms with Crippen molar-refractivity contribution < 1.29 is 19.1 Å². The Morgan fingerprint density at radius 2 is 1.69 bits per heavy atom. The summed E-state index contributed by atoms with van der Waals surface area (Å²) in [6, 6.07) is 13.6. The second-order valence-corrected chi connectivity index (χ2v) is 11.5. The highest BCUT2D eigenvalue weighted by Crippen LogP contribution is 2.40. The van der Waals surface area contributed by atoms with Gasteiger partial charge in [0.2, 0.25) is 5.91 Å². The summed E-state index contributed by atoms with van der Waals surface area (Å²) in [5.74, 6) is 1.83. The molecule has 3 aliphatic rings. The second-order valence-electron chi connectivity index (χ2n) is 11.5.